The van der Waals surface area contributed by atoms with E-state index in [0.717, 1.165) is 0 Å². The van der Waals surface area contributed by atoms with Crippen molar-refractivity contribution in [3.8, 4) is 0 Å². The molecule has 8 heteroatoms. The van der Waals surface area contributed by atoms with Crippen LogP contribution in [0.2, 0.25) is 5.02 Å². The molecule has 2 rings (SSSR count). The van der Waals surface area contributed by atoms with Crippen molar-refractivity contribution in [2.75, 3.05) is 33.0 Å². The van der Waals surface area contributed by atoms with Gasteiger partial charge in [-0.15, -0.1) is 0 Å². The van der Waals surface area contributed by atoms with Crippen LogP contribution in [0.4, 0.5) is 5.69 Å². The van der Waals surface area contributed by atoms with E-state index in [1.807, 2.05) is 0 Å². The standard InChI is InChI=1S/C12H17ClN2O4S/c1-18-10-6-15(7-11(10)19-2)20(16,17)12-5-8(14)3-4-9(12)13/h3-5,10-11H,6-7,14H2,1-2H3. The van der Waals surface area contributed by atoms with Gasteiger partial charge in [-0.1, -0.05) is 11.6 Å². The van der Waals surface area contributed by atoms with Crippen molar-refractivity contribution in [2.24, 2.45) is 0 Å². The molecule has 0 radical (unpaired) electrons. The summed E-state index contributed by atoms with van der Waals surface area (Å²) in [5.74, 6) is 0. The van der Waals surface area contributed by atoms with Gasteiger partial charge in [-0.2, -0.15) is 4.31 Å². The number of anilines is 1. The number of rotatable bonds is 4. The van der Waals surface area contributed by atoms with E-state index < -0.39 is 10.0 Å². The second kappa shape index (κ2) is 5.87. The summed E-state index contributed by atoms with van der Waals surface area (Å²) < 4.78 is 37.0. The lowest BCUT2D eigenvalue weighted by molar-refractivity contribution is -0.00461. The van der Waals surface area contributed by atoms with Gasteiger partial charge in [0.15, 0.2) is 0 Å². The minimum absolute atomic E-state index is 0.00535. The Hall–Kier alpha value is -0.860. The van der Waals surface area contributed by atoms with Crippen molar-refractivity contribution in [2.45, 2.75) is 17.1 Å². The van der Waals surface area contributed by atoms with Gasteiger partial charge < -0.3 is 15.2 Å². The highest BCUT2D eigenvalue weighted by Crippen LogP contribution is 2.29. The zero-order chi connectivity index (χ0) is 14.9. The summed E-state index contributed by atoms with van der Waals surface area (Å²) in [4.78, 5) is 0.00535. The quantitative estimate of drug-likeness (QED) is 0.836. The van der Waals surface area contributed by atoms with Gasteiger partial charge in [0.1, 0.15) is 4.90 Å². The van der Waals surface area contributed by atoms with Gasteiger partial charge in [-0.3, -0.25) is 0 Å². The van der Waals surface area contributed by atoms with E-state index in [9.17, 15) is 8.42 Å². The Labute approximate surface area is 123 Å². The molecule has 0 saturated carbocycles. The first-order chi connectivity index (χ1) is 9.40. The number of ether oxygens (including phenoxy) is 2. The molecular formula is C12H17ClN2O4S. The Balaban J connectivity index is 2.34. The van der Waals surface area contributed by atoms with Gasteiger partial charge in [-0.05, 0) is 18.2 Å². The molecule has 0 bridgehead atoms. The number of sulfonamides is 1. The average molecular weight is 321 g/mol. The first-order valence-corrected chi connectivity index (χ1v) is 7.82. The Bertz CT molecular complexity index is 581. The summed E-state index contributed by atoms with van der Waals surface area (Å²) in [6.07, 6.45) is -0.593. The molecule has 1 fully saturated rings. The normalized spacial score (nSPS) is 24.1. The van der Waals surface area contributed by atoms with E-state index in [4.69, 9.17) is 26.8 Å². The molecule has 2 atom stereocenters. The van der Waals surface area contributed by atoms with E-state index >= 15 is 0 Å². The van der Waals surface area contributed by atoms with Crippen LogP contribution in [-0.2, 0) is 19.5 Å². The maximum atomic E-state index is 12.6. The predicted octanol–water partition coefficient (Wildman–Crippen LogP) is 0.956. The average Bonchev–Trinajstić information content (AvgIpc) is 2.85. The predicted molar refractivity (Wildman–Crippen MR) is 76.2 cm³/mol. The van der Waals surface area contributed by atoms with Crippen molar-refractivity contribution in [1.82, 2.24) is 4.31 Å². The van der Waals surface area contributed by atoms with Crippen LogP contribution in [0.15, 0.2) is 23.1 Å². The molecule has 6 nitrogen and oxygen atoms in total. The first-order valence-electron chi connectivity index (χ1n) is 6.01. The van der Waals surface area contributed by atoms with Crippen LogP contribution in [0.5, 0.6) is 0 Å². The molecule has 1 saturated heterocycles. The summed E-state index contributed by atoms with van der Waals surface area (Å²) >= 11 is 5.98. The van der Waals surface area contributed by atoms with E-state index in [1.54, 1.807) is 6.07 Å². The number of nitrogens with two attached hydrogens (primary N) is 1. The molecule has 1 aromatic rings. The maximum absolute atomic E-state index is 12.6. The minimum Gasteiger partial charge on any atom is -0.399 e. The van der Waals surface area contributed by atoms with Crippen LogP contribution >= 0.6 is 11.6 Å². The van der Waals surface area contributed by atoms with Crippen LogP contribution in [0.1, 0.15) is 0 Å². The molecule has 1 heterocycles. The zero-order valence-corrected chi connectivity index (χ0v) is 12.8. The monoisotopic (exact) mass is 320 g/mol. The van der Waals surface area contributed by atoms with E-state index in [-0.39, 0.29) is 35.2 Å². The number of methoxy groups -OCH3 is 2. The summed E-state index contributed by atoms with van der Waals surface area (Å²) in [6.45, 7) is 0.449. The van der Waals surface area contributed by atoms with Gasteiger partial charge >= 0.3 is 0 Å². The fourth-order valence-corrected chi connectivity index (χ4v) is 4.19. The van der Waals surface area contributed by atoms with Gasteiger partial charge in [0.25, 0.3) is 0 Å². The number of benzene rings is 1. The molecule has 112 valence electrons. The molecular weight excluding hydrogens is 304 g/mol. The Kier molecular flexibility index (Phi) is 4.55. The number of hydrogen-bond donors (Lipinski definition) is 1. The van der Waals surface area contributed by atoms with Crippen LogP contribution in [0, 0.1) is 0 Å². The van der Waals surface area contributed by atoms with Crippen LogP contribution in [0.3, 0.4) is 0 Å². The van der Waals surface area contributed by atoms with Crippen molar-refractivity contribution >= 4 is 27.3 Å². The van der Waals surface area contributed by atoms with E-state index in [0.29, 0.717) is 5.69 Å². The van der Waals surface area contributed by atoms with Gasteiger partial charge in [0.2, 0.25) is 10.0 Å². The minimum atomic E-state index is -3.72. The number of halogens is 1. The Morgan fingerprint density at radius 3 is 2.30 bits per heavy atom. The van der Waals surface area contributed by atoms with Crippen LogP contribution in [0.25, 0.3) is 0 Å². The first kappa shape index (κ1) is 15.5. The zero-order valence-electron chi connectivity index (χ0n) is 11.2. The molecule has 1 aliphatic rings. The van der Waals surface area contributed by atoms with E-state index in [2.05, 4.69) is 0 Å². The van der Waals surface area contributed by atoms with Gasteiger partial charge in [0, 0.05) is 33.0 Å². The molecule has 20 heavy (non-hydrogen) atoms. The third-order valence-corrected chi connectivity index (χ3v) is 5.67. The molecule has 0 amide bonds. The summed E-state index contributed by atoms with van der Waals surface area (Å²) in [7, 11) is -0.660. The smallest absolute Gasteiger partial charge is 0.244 e. The van der Waals surface area contributed by atoms with Crippen LogP contribution in [-0.4, -0.2) is 52.2 Å². The number of nitrogens with zero attached hydrogens (tertiary/aromatic N) is 1. The number of nitrogen functional groups attached to an aromatic ring is 1. The fourth-order valence-electron chi connectivity index (χ4n) is 2.22. The van der Waals surface area contributed by atoms with Gasteiger partial charge in [0.05, 0.1) is 17.2 Å². The fraction of sp³-hybridized carbons (Fsp3) is 0.500. The summed E-state index contributed by atoms with van der Waals surface area (Å²) in [6, 6.07) is 4.39. The SMILES string of the molecule is COC1CN(S(=O)(=O)c2cc(N)ccc2Cl)CC1OC. The highest BCUT2D eigenvalue weighted by molar-refractivity contribution is 7.89. The lowest BCUT2D eigenvalue weighted by Crippen LogP contribution is -2.30. The second-order valence-electron chi connectivity index (χ2n) is 4.56. The third kappa shape index (κ3) is 2.77. The molecule has 0 spiro atoms. The third-order valence-electron chi connectivity index (χ3n) is 3.36. The largest absolute Gasteiger partial charge is 0.399 e. The molecule has 2 N–H and O–H groups in total. The topological polar surface area (TPSA) is 81.9 Å². The van der Waals surface area contributed by atoms with Crippen LogP contribution < -0.4 is 5.73 Å². The highest BCUT2D eigenvalue weighted by Gasteiger charge is 2.40. The summed E-state index contributed by atoms with van der Waals surface area (Å²) in [5, 5.41) is 0.147. The lowest BCUT2D eigenvalue weighted by Gasteiger charge is -2.17. The molecule has 1 aliphatic heterocycles. The van der Waals surface area contributed by atoms with Crippen molar-refractivity contribution < 1.29 is 17.9 Å². The second-order valence-corrected chi connectivity index (χ2v) is 6.87. The number of hydrogen-bond acceptors (Lipinski definition) is 5. The highest BCUT2D eigenvalue weighted by atomic mass is 35.5. The van der Waals surface area contributed by atoms with Crippen molar-refractivity contribution in [1.29, 1.82) is 0 Å². The van der Waals surface area contributed by atoms with Crippen molar-refractivity contribution in [3.05, 3.63) is 23.2 Å². The maximum Gasteiger partial charge on any atom is 0.244 e. The lowest BCUT2D eigenvalue weighted by atomic mass is 10.3. The molecule has 1 aromatic carbocycles. The van der Waals surface area contributed by atoms with Crippen molar-refractivity contribution in [3.63, 3.8) is 0 Å². The Morgan fingerprint density at radius 2 is 1.80 bits per heavy atom. The molecule has 2 unspecified atom stereocenters. The Morgan fingerprint density at radius 1 is 1.25 bits per heavy atom. The summed E-state index contributed by atoms with van der Waals surface area (Å²) in [5.41, 5.74) is 5.98. The van der Waals surface area contributed by atoms with E-state index in [1.165, 1.54) is 30.7 Å². The molecule has 0 aliphatic carbocycles. The molecule has 0 aromatic heterocycles. The van der Waals surface area contributed by atoms with Gasteiger partial charge in [-0.25, -0.2) is 8.42 Å².